The number of carbonyl (C=O) groups excluding carboxylic acids is 1. The Labute approximate surface area is 222 Å². The Morgan fingerprint density at radius 3 is 2.59 bits per heavy atom. The van der Waals surface area contributed by atoms with Gasteiger partial charge in [0.2, 0.25) is 0 Å². The first-order chi connectivity index (χ1) is 18.0. The molecule has 0 aliphatic rings. The highest BCUT2D eigenvalue weighted by Crippen LogP contribution is 2.29. The summed E-state index contributed by atoms with van der Waals surface area (Å²) in [5, 5.41) is 10.6. The van der Waals surface area contributed by atoms with Crippen molar-refractivity contribution in [1.29, 1.82) is 0 Å². The van der Waals surface area contributed by atoms with Crippen LogP contribution in [0.25, 0.3) is 22.7 Å². The van der Waals surface area contributed by atoms with Gasteiger partial charge in [-0.25, -0.2) is 4.68 Å². The number of aromatic nitrogens is 4. The van der Waals surface area contributed by atoms with E-state index in [2.05, 4.69) is 15.3 Å². The van der Waals surface area contributed by atoms with Gasteiger partial charge in [-0.05, 0) is 72.3 Å². The summed E-state index contributed by atoms with van der Waals surface area (Å²) in [6, 6.07) is 19.6. The number of carbonyl (C=O) groups is 1. The Morgan fingerprint density at radius 1 is 0.973 bits per heavy atom. The maximum atomic E-state index is 12.4. The summed E-state index contributed by atoms with van der Waals surface area (Å²) in [6.07, 6.45) is 6.74. The Balaban J connectivity index is 1.28. The third-order valence-corrected chi connectivity index (χ3v) is 6.08. The fourth-order valence-corrected chi connectivity index (χ4v) is 4.02. The van der Waals surface area contributed by atoms with Crippen LogP contribution in [0.1, 0.15) is 21.6 Å². The van der Waals surface area contributed by atoms with Crippen LogP contribution >= 0.6 is 23.2 Å². The van der Waals surface area contributed by atoms with Crippen molar-refractivity contribution in [3.63, 3.8) is 0 Å². The number of benzene rings is 3. The first-order valence-electron chi connectivity index (χ1n) is 11.2. The average Bonchev–Trinajstić information content (AvgIpc) is 3.39. The average molecular weight is 531 g/mol. The van der Waals surface area contributed by atoms with Crippen LogP contribution in [0.4, 0.5) is 0 Å². The van der Waals surface area contributed by atoms with Crippen molar-refractivity contribution >= 4 is 46.0 Å². The predicted octanol–water partition coefficient (Wildman–Crippen LogP) is 6.61. The molecule has 5 aromatic rings. The smallest absolute Gasteiger partial charge is 0.185 e. The normalized spacial score (nSPS) is 11.2. The van der Waals surface area contributed by atoms with Crippen LogP contribution in [0.2, 0.25) is 10.0 Å². The second kappa shape index (κ2) is 10.8. The zero-order valence-electron chi connectivity index (χ0n) is 19.6. The fourth-order valence-electron chi connectivity index (χ4n) is 3.73. The molecular formula is C28H20Cl2N4O3. The van der Waals surface area contributed by atoms with E-state index in [1.807, 2.05) is 24.3 Å². The molecule has 0 aliphatic carbocycles. The van der Waals surface area contributed by atoms with Crippen molar-refractivity contribution < 1.29 is 14.3 Å². The number of ether oxygens (including phenoxy) is 2. The van der Waals surface area contributed by atoms with E-state index in [-0.39, 0.29) is 12.4 Å². The second-order valence-corrected chi connectivity index (χ2v) is 8.92. The lowest BCUT2D eigenvalue weighted by atomic mass is 10.1. The van der Waals surface area contributed by atoms with Gasteiger partial charge in [0.25, 0.3) is 0 Å². The highest BCUT2D eigenvalue weighted by atomic mass is 35.5. The summed E-state index contributed by atoms with van der Waals surface area (Å²) < 4.78 is 13.1. The monoisotopic (exact) mass is 530 g/mol. The largest absolute Gasteiger partial charge is 0.493 e. The number of rotatable bonds is 8. The molecule has 2 heterocycles. The summed E-state index contributed by atoms with van der Waals surface area (Å²) in [4.78, 5) is 16.8. The molecule has 0 aliphatic heterocycles. The van der Waals surface area contributed by atoms with Crippen LogP contribution in [0.3, 0.4) is 0 Å². The zero-order valence-corrected chi connectivity index (χ0v) is 21.1. The van der Waals surface area contributed by atoms with Gasteiger partial charge in [-0.15, -0.1) is 5.10 Å². The molecule has 0 fully saturated rings. The van der Waals surface area contributed by atoms with Crippen molar-refractivity contribution in [2.45, 2.75) is 6.61 Å². The molecule has 0 saturated carbocycles. The number of methoxy groups -OCH3 is 1. The minimum Gasteiger partial charge on any atom is -0.493 e. The Morgan fingerprint density at radius 2 is 1.78 bits per heavy atom. The fraction of sp³-hybridized carbons (Fsp3) is 0.0714. The number of hydrogen-bond acceptors (Lipinski definition) is 6. The first-order valence-corrected chi connectivity index (χ1v) is 12.0. The number of fused-ring (bicyclic) bond motifs is 1. The van der Waals surface area contributed by atoms with Crippen molar-refractivity contribution in [3.8, 4) is 17.2 Å². The van der Waals surface area contributed by atoms with Crippen LogP contribution in [0.15, 0.2) is 85.2 Å². The molecule has 9 heteroatoms. The topological polar surface area (TPSA) is 79.1 Å². The highest BCUT2D eigenvalue weighted by Gasteiger charge is 2.11. The Kier molecular flexibility index (Phi) is 7.16. The molecule has 0 spiro atoms. The van der Waals surface area contributed by atoms with Gasteiger partial charge in [-0.1, -0.05) is 40.6 Å². The van der Waals surface area contributed by atoms with E-state index in [1.54, 1.807) is 72.7 Å². The summed E-state index contributed by atoms with van der Waals surface area (Å²) in [7, 11) is 1.56. The van der Waals surface area contributed by atoms with Gasteiger partial charge in [0.1, 0.15) is 12.3 Å². The molecule has 0 unspecified atom stereocenters. The number of nitrogens with zero attached hydrogens (tertiary/aromatic N) is 4. The zero-order chi connectivity index (χ0) is 25.8. The number of hydrogen-bond donors (Lipinski definition) is 0. The van der Waals surface area contributed by atoms with Crippen molar-refractivity contribution in [2.75, 3.05) is 7.11 Å². The SMILES string of the molecule is COc1cc(/C=C/C(=O)c2ccc(Cl)cc2)ccc1OCc1cn(-c2ccnc3cc(Cl)ccc23)nn1. The van der Waals surface area contributed by atoms with E-state index in [0.717, 1.165) is 22.2 Å². The number of pyridine rings is 1. The molecule has 0 bridgehead atoms. The molecule has 5 rings (SSSR count). The van der Waals surface area contributed by atoms with E-state index in [1.165, 1.54) is 6.08 Å². The van der Waals surface area contributed by atoms with Crippen molar-refractivity contribution in [1.82, 2.24) is 20.0 Å². The molecule has 0 saturated heterocycles. The van der Waals surface area contributed by atoms with Crippen molar-refractivity contribution in [2.24, 2.45) is 0 Å². The predicted molar refractivity (Wildman–Crippen MR) is 144 cm³/mol. The third-order valence-electron chi connectivity index (χ3n) is 5.59. The van der Waals surface area contributed by atoms with Gasteiger partial charge in [0.05, 0.1) is 24.5 Å². The number of ketones is 1. The first kappa shape index (κ1) is 24.5. The lowest BCUT2D eigenvalue weighted by molar-refractivity contribution is 0.104. The Bertz CT molecular complexity index is 1610. The van der Waals surface area contributed by atoms with Gasteiger partial charge in [-0.3, -0.25) is 9.78 Å². The second-order valence-electron chi connectivity index (χ2n) is 8.05. The highest BCUT2D eigenvalue weighted by molar-refractivity contribution is 6.31. The Hall–Kier alpha value is -4.20. The lowest BCUT2D eigenvalue weighted by Crippen LogP contribution is -1.99. The van der Waals surface area contributed by atoms with E-state index < -0.39 is 0 Å². The molecule has 7 nitrogen and oxygen atoms in total. The summed E-state index contributed by atoms with van der Waals surface area (Å²) >= 11 is 12.0. The minimum atomic E-state index is -0.121. The van der Waals surface area contributed by atoms with E-state index in [0.29, 0.717) is 32.8 Å². The van der Waals surface area contributed by atoms with Gasteiger partial charge in [-0.2, -0.15) is 0 Å². The van der Waals surface area contributed by atoms with E-state index >= 15 is 0 Å². The standard InChI is InChI=1S/C28H20Cl2N4O3/c1-36-28-14-18(2-10-26(35)19-4-6-20(29)7-5-19)3-11-27(28)37-17-22-16-34(33-32-22)25-12-13-31-24-15-21(30)8-9-23(24)25/h2-16H,17H2,1H3/b10-2+. The molecule has 3 aromatic carbocycles. The summed E-state index contributed by atoms with van der Waals surface area (Å²) in [5.74, 6) is 0.955. The number of allylic oxidation sites excluding steroid dienone is 1. The van der Waals surface area contributed by atoms with Crippen molar-refractivity contribution in [3.05, 3.63) is 112 Å². The summed E-state index contributed by atoms with van der Waals surface area (Å²) in [5.41, 5.74) is 3.60. The molecular weight excluding hydrogens is 511 g/mol. The van der Waals surface area contributed by atoms with E-state index in [4.69, 9.17) is 32.7 Å². The minimum absolute atomic E-state index is 0.121. The van der Waals surface area contributed by atoms with E-state index in [9.17, 15) is 4.79 Å². The molecule has 37 heavy (non-hydrogen) atoms. The van der Waals surface area contributed by atoms with Crippen LogP contribution in [-0.4, -0.2) is 32.9 Å². The molecule has 0 atom stereocenters. The maximum absolute atomic E-state index is 12.4. The molecule has 2 aromatic heterocycles. The van der Waals surface area contributed by atoms with Gasteiger partial charge in [0.15, 0.2) is 17.3 Å². The quantitative estimate of drug-likeness (QED) is 0.166. The summed E-state index contributed by atoms with van der Waals surface area (Å²) in [6.45, 7) is 0.190. The third kappa shape index (κ3) is 5.63. The lowest BCUT2D eigenvalue weighted by Gasteiger charge is -2.10. The molecule has 184 valence electrons. The van der Waals surface area contributed by atoms with Crippen LogP contribution < -0.4 is 9.47 Å². The molecule has 0 radical (unpaired) electrons. The molecule has 0 amide bonds. The van der Waals surface area contributed by atoms with Gasteiger partial charge >= 0.3 is 0 Å². The van der Waals surface area contributed by atoms with Gasteiger partial charge in [0, 0.05) is 27.2 Å². The van der Waals surface area contributed by atoms with Gasteiger partial charge < -0.3 is 9.47 Å². The maximum Gasteiger partial charge on any atom is 0.185 e. The number of halogens is 2. The van der Waals surface area contributed by atoms with Crippen LogP contribution in [0, 0.1) is 0 Å². The molecule has 0 N–H and O–H groups in total. The van der Waals surface area contributed by atoms with Crippen LogP contribution in [0.5, 0.6) is 11.5 Å². The van der Waals surface area contributed by atoms with Crippen LogP contribution in [-0.2, 0) is 6.61 Å².